The lowest BCUT2D eigenvalue weighted by Crippen LogP contribution is -2.04. The summed E-state index contributed by atoms with van der Waals surface area (Å²) in [6, 6.07) is 14.2. The minimum absolute atomic E-state index is 0.0232. The summed E-state index contributed by atoms with van der Waals surface area (Å²) in [6.07, 6.45) is 0. The molecule has 17 heavy (non-hydrogen) atoms. The molecular formula is C15H16ClN. The van der Waals surface area contributed by atoms with Gasteiger partial charge in [-0.25, -0.2) is 0 Å². The van der Waals surface area contributed by atoms with Gasteiger partial charge in [0, 0.05) is 16.6 Å². The van der Waals surface area contributed by atoms with Crippen LogP contribution in [-0.2, 0) is 0 Å². The van der Waals surface area contributed by atoms with Crippen LogP contribution in [0.4, 0.5) is 0 Å². The second-order valence-corrected chi connectivity index (χ2v) is 4.75. The fourth-order valence-corrected chi connectivity index (χ4v) is 2.13. The molecule has 0 saturated carbocycles. The summed E-state index contributed by atoms with van der Waals surface area (Å²) in [7, 11) is 0. The third-order valence-corrected chi connectivity index (χ3v) is 3.28. The second-order valence-electron chi connectivity index (χ2n) is 4.34. The van der Waals surface area contributed by atoms with Gasteiger partial charge in [0.05, 0.1) is 0 Å². The van der Waals surface area contributed by atoms with E-state index in [2.05, 4.69) is 25.1 Å². The van der Waals surface area contributed by atoms with Crippen LogP contribution in [0.3, 0.4) is 0 Å². The Morgan fingerprint density at radius 1 is 1.06 bits per heavy atom. The Bertz CT molecular complexity index is 532. The average molecular weight is 246 g/mol. The quantitative estimate of drug-likeness (QED) is 0.837. The van der Waals surface area contributed by atoms with Gasteiger partial charge in [-0.15, -0.1) is 0 Å². The van der Waals surface area contributed by atoms with Gasteiger partial charge in [0.2, 0.25) is 0 Å². The van der Waals surface area contributed by atoms with Crippen LogP contribution in [0.1, 0.15) is 24.1 Å². The molecular weight excluding hydrogens is 230 g/mol. The number of benzene rings is 2. The van der Waals surface area contributed by atoms with E-state index in [-0.39, 0.29) is 6.04 Å². The van der Waals surface area contributed by atoms with E-state index < -0.39 is 0 Å². The minimum Gasteiger partial charge on any atom is -0.324 e. The van der Waals surface area contributed by atoms with Gasteiger partial charge in [-0.2, -0.15) is 0 Å². The van der Waals surface area contributed by atoms with Gasteiger partial charge in [-0.05, 0) is 42.7 Å². The molecule has 0 spiro atoms. The molecule has 2 heteroatoms. The van der Waals surface area contributed by atoms with E-state index in [1.807, 2.05) is 31.2 Å². The van der Waals surface area contributed by atoms with Crippen LogP contribution in [-0.4, -0.2) is 0 Å². The van der Waals surface area contributed by atoms with Crippen molar-refractivity contribution in [2.24, 2.45) is 5.73 Å². The van der Waals surface area contributed by atoms with E-state index in [1.54, 1.807) is 0 Å². The van der Waals surface area contributed by atoms with Crippen LogP contribution < -0.4 is 5.73 Å². The van der Waals surface area contributed by atoms with Crippen LogP contribution in [0.25, 0.3) is 11.1 Å². The number of nitrogens with two attached hydrogens (primary N) is 1. The maximum Gasteiger partial charge on any atom is 0.0484 e. The predicted molar refractivity (Wildman–Crippen MR) is 74.2 cm³/mol. The first kappa shape index (κ1) is 12.2. The fraction of sp³-hybridized carbons (Fsp3) is 0.200. The van der Waals surface area contributed by atoms with E-state index >= 15 is 0 Å². The van der Waals surface area contributed by atoms with Gasteiger partial charge in [0.15, 0.2) is 0 Å². The monoisotopic (exact) mass is 245 g/mol. The van der Waals surface area contributed by atoms with Gasteiger partial charge in [-0.3, -0.25) is 0 Å². The lowest BCUT2D eigenvalue weighted by molar-refractivity contribution is 0.819. The van der Waals surface area contributed by atoms with Gasteiger partial charge in [0.1, 0.15) is 0 Å². The van der Waals surface area contributed by atoms with Crippen molar-refractivity contribution in [3.63, 3.8) is 0 Å². The van der Waals surface area contributed by atoms with E-state index in [0.29, 0.717) is 0 Å². The van der Waals surface area contributed by atoms with Crippen molar-refractivity contribution in [2.45, 2.75) is 19.9 Å². The maximum absolute atomic E-state index is 6.27. The Balaban J connectivity index is 2.59. The molecule has 0 heterocycles. The molecule has 2 aromatic carbocycles. The van der Waals surface area contributed by atoms with Crippen LogP contribution in [0.15, 0.2) is 42.5 Å². The zero-order valence-electron chi connectivity index (χ0n) is 10.1. The second kappa shape index (κ2) is 4.91. The molecule has 1 nitrogen and oxygen atoms in total. The smallest absolute Gasteiger partial charge is 0.0484 e. The molecule has 0 aliphatic carbocycles. The molecule has 0 fully saturated rings. The highest BCUT2D eigenvalue weighted by atomic mass is 35.5. The van der Waals surface area contributed by atoms with Crippen molar-refractivity contribution in [1.29, 1.82) is 0 Å². The minimum atomic E-state index is 0.0232. The first-order chi connectivity index (χ1) is 8.09. The molecule has 2 aromatic rings. The number of hydrogen-bond donors (Lipinski definition) is 1. The molecule has 0 radical (unpaired) electrons. The molecule has 2 N–H and O–H groups in total. The SMILES string of the molecule is Cc1ccccc1-c1cc(C(C)N)ccc1Cl. The molecule has 1 atom stereocenters. The van der Waals surface area contributed by atoms with Crippen LogP contribution in [0.5, 0.6) is 0 Å². The van der Waals surface area contributed by atoms with E-state index in [9.17, 15) is 0 Å². The Labute approximate surface area is 107 Å². The highest BCUT2D eigenvalue weighted by Gasteiger charge is 2.08. The Kier molecular flexibility index (Phi) is 3.51. The van der Waals surface area contributed by atoms with Gasteiger partial charge in [-0.1, -0.05) is 41.9 Å². The van der Waals surface area contributed by atoms with E-state index in [1.165, 1.54) is 11.1 Å². The molecule has 0 aliphatic rings. The Morgan fingerprint density at radius 3 is 2.41 bits per heavy atom. The summed E-state index contributed by atoms with van der Waals surface area (Å²) >= 11 is 6.27. The van der Waals surface area contributed by atoms with Gasteiger partial charge < -0.3 is 5.73 Å². The third-order valence-electron chi connectivity index (χ3n) is 2.95. The molecule has 2 rings (SSSR count). The highest BCUT2D eigenvalue weighted by molar-refractivity contribution is 6.33. The van der Waals surface area contributed by atoms with Gasteiger partial charge >= 0.3 is 0 Å². The molecule has 1 unspecified atom stereocenters. The summed E-state index contributed by atoms with van der Waals surface area (Å²) in [6.45, 7) is 4.06. The van der Waals surface area contributed by atoms with Gasteiger partial charge in [0.25, 0.3) is 0 Å². The number of rotatable bonds is 2. The summed E-state index contributed by atoms with van der Waals surface area (Å²) in [5, 5.41) is 0.767. The van der Waals surface area contributed by atoms with E-state index in [4.69, 9.17) is 17.3 Å². The lowest BCUT2D eigenvalue weighted by Gasteiger charge is -2.12. The molecule has 88 valence electrons. The largest absolute Gasteiger partial charge is 0.324 e. The van der Waals surface area contributed by atoms with Crippen molar-refractivity contribution < 1.29 is 0 Å². The Hall–Kier alpha value is -1.31. The molecule has 0 aromatic heterocycles. The zero-order valence-corrected chi connectivity index (χ0v) is 10.8. The topological polar surface area (TPSA) is 26.0 Å². The summed E-state index contributed by atoms with van der Waals surface area (Å²) in [4.78, 5) is 0. The first-order valence-corrected chi connectivity index (χ1v) is 6.08. The van der Waals surface area contributed by atoms with Crippen molar-refractivity contribution >= 4 is 11.6 Å². The number of halogens is 1. The molecule has 0 aliphatic heterocycles. The third kappa shape index (κ3) is 2.51. The van der Waals surface area contributed by atoms with Crippen molar-refractivity contribution in [1.82, 2.24) is 0 Å². The molecule has 0 amide bonds. The van der Waals surface area contributed by atoms with Crippen molar-refractivity contribution in [2.75, 3.05) is 0 Å². The van der Waals surface area contributed by atoms with Crippen LogP contribution >= 0.6 is 11.6 Å². The number of hydrogen-bond acceptors (Lipinski definition) is 1. The maximum atomic E-state index is 6.27. The standard InChI is InChI=1S/C15H16ClN/c1-10-5-3-4-6-13(10)14-9-12(11(2)17)7-8-15(14)16/h3-9,11H,17H2,1-2H3. The summed E-state index contributed by atoms with van der Waals surface area (Å²) in [5.74, 6) is 0. The summed E-state index contributed by atoms with van der Waals surface area (Å²) < 4.78 is 0. The predicted octanol–water partition coefficient (Wildman–Crippen LogP) is 4.34. The van der Waals surface area contributed by atoms with Crippen LogP contribution in [0, 0.1) is 6.92 Å². The summed E-state index contributed by atoms with van der Waals surface area (Å²) in [5.41, 5.74) is 10.5. The fourth-order valence-electron chi connectivity index (χ4n) is 1.91. The number of aryl methyl sites for hydroxylation is 1. The van der Waals surface area contributed by atoms with Crippen LogP contribution in [0.2, 0.25) is 5.02 Å². The van der Waals surface area contributed by atoms with Crippen molar-refractivity contribution in [3.8, 4) is 11.1 Å². The highest BCUT2D eigenvalue weighted by Crippen LogP contribution is 2.32. The normalized spacial score (nSPS) is 12.5. The molecule has 0 bridgehead atoms. The molecule has 0 saturated heterocycles. The first-order valence-electron chi connectivity index (χ1n) is 5.70. The van der Waals surface area contributed by atoms with E-state index in [0.717, 1.165) is 16.1 Å². The van der Waals surface area contributed by atoms with Crippen molar-refractivity contribution in [3.05, 3.63) is 58.6 Å². The average Bonchev–Trinajstić information content (AvgIpc) is 2.30. The Morgan fingerprint density at radius 2 is 1.76 bits per heavy atom. The lowest BCUT2D eigenvalue weighted by atomic mass is 9.97. The zero-order chi connectivity index (χ0) is 12.4.